The number of unbranched alkanes of at least 4 members (excludes halogenated alkanes) is 1. The summed E-state index contributed by atoms with van der Waals surface area (Å²) in [5.74, 6) is 0.805. The third-order valence-corrected chi connectivity index (χ3v) is 3.85. The van der Waals surface area contributed by atoms with E-state index in [1.54, 1.807) is 6.20 Å². The minimum atomic E-state index is 0.534. The number of fused-ring (bicyclic) bond motifs is 1. The van der Waals surface area contributed by atoms with E-state index in [9.17, 15) is 0 Å². The Morgan fingerprint density at radius 1 is 1.12 bits per heavy atom. The van der Waals surface area contributed by atoms with E-state index in [1.807, 2.05) is 48.5 Å². The van der Waals surface area contributed by atoms with E-state index in [1.165, 1.54) is 0 Å². The van der Waals surface area contributed by atoms with Gasteiger partial charge in [-0.1, -0.05) is 43.7 Å². The van der Waals surface area contributed by atoms with Crippen molar-refractivity contribution in [3.63, 3.8) is 0 Å². The summed E-state index contributed by atoms with van der Waals surface area (Å²) in [5, 5.41) is 4.37. The van der Waals surface area contributed by atoms with Gasteiger partial charge in [-0.3, -0.25) is 4.98 Å². The zero-order chi connectivity index (χ0) is 16.8. The van der Waals surface area contributed by atoms with Crippen molar-refractivity contribution >= 4 is 22.3 Å². The first kappa shape index (κ1) is 16.1. The van der Waals surface area contributed by atoms with Crippen LogP contribution in [0.4, 0.5) is 11.4 Å². The maximum absolute atomic E-state index is 6.10. The Kier molecular flexibility index (Phi) is 5.16. The van der Waals surface area contributed by atoms with Gasteiger partial charge in [-0.15, -0.1) is 0 Å². The van der Waals surface area contributed by atoms with E-state index in [4.69, 9.17) is 10.5 Å². The molecule has 3 aromatic rings. The minimum absolute atomic E-state index is 0.534. The van der Waals surface area contributed by atoms with Crippen LogP contribution in [0.15, 0.2) is 54.7 Å². The fourth-order valence-electron chi connectivity index (χ4n) is 2.55. The molecular formula is C20H22N3O. The average molecular weight is 320 g/mol. The second-order valence-corrected chi connectivity index (χ2v) is 5.68. The topological polar surface area (TPSA) is 60.2 Å². The molecule has 0 spiro atoms. The van der Waals surface area contributed by atoms with Crippen LogP contribution < -0.4 is 15.8 Å². The standard InChI is InChI=1S/C20H22N3O/c1-2-3-11-22-20-17-12-16(9-10-19(17)23-13-18(20)21)24-14-15-7-5-4-6-8-15/h4-10,12-13H,1-3,11,14,21H2,(H,22,23). The van der Waals surface area contributed by atoms with Gasteiger partial charge >= 0.3 is 0 Å². The van der Waals surface area contributed by atoms with Crippen LogP contribution in [0.3, 0.4) is 0 Å². The highest BCUT2D eigenvalue weighted by molar-refractivity contribution is 5.97. The largest absolute Gasteiger partial charge is 0.489 e. The summed E-state index contributed by atoms with van der Waals surface area (Å²) in [4.78, 5) is 4.40. The summed E-state index contributed by atoms with van der Waals surface area (Å²) in [6, 6.07) is 16.0. The summed E-state index contributed by atoms with van der Waals surface area (Å²) in [6.45, 7) is 5.23. The number of pyridine rings is 1. The lowest BCUT2D eigenvalue weighted by Crippen LogP contribution is -2.05. The molecule has 0 saturated heterocycles. The van der Waals surface area contributed by atoms with Crippen molar-refractivity contribution < 1.29 is 4.74 Å². The van der Waals surface area contributed by atoms with Gasteiger partial charge in [0.05, 0.1) is 23.1 Å². The lowest BCUT2D eigenvalue weighted by molar-refractivity contribution is 0.306. The molecule has 4 nitrogen and oxygen atoms in total. The summed E-state index contributed by atoms with van der Waals surface area (Å²) >= 11 is 0. The fourth-order valence-corrected chi connectivity index (χ4v) is 2.55. The Balaban J connectivity index is 1.84. The first-order valence-corrected chi connectivity index (χ1v) is 8.16. The summed E-state index contributed by atoms with van der Waals surface area (Å²) in [5.41, 5.74) is 9.70. The van der Waals surface area contributed by atoms with Gasteiger partial charge in [0.2, 0.25) is 0 Å². The molecule has 0 bridgehead atoms. The third kappa shape index (κ3) is 3.77. The number of hydrogen-bond donors (Lipinski definition) is 2. The van der Waals surface area contributed by atoms with Gasteiger partial charge in [0, 0.05) is 11.9 Å². The maximum atomic E-state index is 6.10. The van der Waals surface area contributed by atoms with E-state index in [-0.39, 0.29) is 0 Å². The fraction of sp³-hybridized carbons (Fsp3) is 0.200. The van der Waals surface area contributed by atoms with Crippen molar-refractivity contribution in [2.24, 2.45) is 0 Å². The van der Waals surface area contributed by atoms with Crippen LogP contribution in [0.25, 0.3) is 10.9 Å². The Labute approximate surface area is 142 Å². The number of benzene rings is 2. The second-order valence-electron chi connectivity index (χ2n) is 5.68. The zero-order valence-electron chi connectivity index (χ0n) is 13.7. The third-order valence-electron chi connectivity index (χ3n) is 3.85. The molecule has 2 aromatic carbocycles. The van der Waals surface area contributed by atoms with E-state index in [0.29, 0.717) is 12.3 Å². The van der Waals surface area contributed by atoms with Crippen molar-refractivity contribution in [2.45, 2.75) is 19.4 Å². The summed E-state index contributed by atoms with van der Waals surface area (Å²) < 4.78 is 5.91. The molecule has 1 radical (unpaired) electrons. The van der Waals surface area contributed by atoms with Crippen LogP contribution >= 0.6 is 0 Å². The van der Waals surface area contributed by atoms with E-state index >= 15 is 0 Å². The van der Waals surface area contributed by atoms with Crippen LogP contribution in [0.5, 0.6) is 5.75 Å². The van der Waals surface area contributed by atoms with Crippen LogP contribution in [0, 0.1) is 6.92 Å². The van der Waals surface area contributed by atoms with Gasteiger partial charge in [-0.2, -0.15) is 0 Å². The number of ether oxygens (including phenoxy) is 1. The number of aromatic nitrogens is 1. The molecule has 0 aliphatic rings. The number of nitrogens with two attached hydrogens (primary N) is 1. The molecule has 24 heavy (non-hydrogen) atoms. The first-order valence-electron chi connectivity index (χ1n) is 8.16. The molecule has 4 heteroatoms. The van der Waals surface area contributed by atoms with Gasteiger partial charge in [-0.25, -0.2) is 0 Å². The van der Waals surface area contributed by atoms with Gasteiger partial charge in [0.25, 0.3) is 0 Å². The Bertz CT molecular complexity index is 803. The molecular weight excluding hydrogens is 298 g/mol. The number of anilines is 2. The predicted molar refractivity (Wildman–Crippen MR) is 100 cm³/mol. The SMILES string of the molecule is [CH2]CCCNc1c(N)cnc2ccc(OCc3ccccc3)cc12. The van der Waals surface area contributed by atoms with Crippen molar-refractivity contribution in [1.29, 1.82) is 0 Å². The highest BCUT2D eigenvalue weighted by atomic mass is 16.5. The number of hydrogen-bond acceptors (Lipinski definition) is 4. The number of rotatable bonds is 7. The van der Waals surface area contributed by atoms with Crippen LogP contribution in [-0.4, -0.2) is 11.5 Å². The predicted octanol–water partition coefficient (Wildman–Crippen LogP) is 4.42. The van der Waals surface area contributed by atoms with Crippen LogP contribution in [-0.2, 0) is 6.61 Å². The monoisotopic (exact) mass is 320 g/mol. The van der Waals surface area contributed by atoms with E-state index in [2.05, 4.69) is 17.2 Å². The Morgan fingerprint density at radius 3 is 2.75 bits per heavy atom. The first-order chi connectivity index (χ1) is 11.8. The molecule has 3 rings (SSSR count). The van der Waals surface area contributed by atoms with E-state index < -0.39 is 0 Å². The smallest absolute Gasteiger partial charge is 0.120 e. The second kappa shape index (κ2) is 7.68. The molecule has 0 saturated carbocycles. The van der Waals surface area contributed by atoms with Gasteiger partial charge in [-0.05, 0) is 30.2 Å². The molecule has 0 atom stereocenters. The van der Waals surface area contributed by atoms with Crippen molar-refractivity contribution in [1.82, 2.24) is 4.98 Å². The Hall–Kier alpha value is -2.75. The lowest BCUT2D eigenvalue weighted by Gasteiger charge is -2.13. The lowest BCUT2D eigenvalue weighted by atomic mass is 10.1. The highest BCUT2D eigenvalue weighted by Crippen LogP contribution is 2.31. The molecule has 1 aromatic heterocycles. The molecule has 0 unspecified atom stereocenters. The van der Waals surface area contributed by atoms with Crippen LogP contribution in [0.1, 0.15) is 18.4 Å². The molecule has 0 amide bonds. The number of nitrogens with one attached hydrogen (secondary N) is 1. The molecule has 0 aliphatic carbocycles. The number of nitrogens with zero attached hydrogens (tertiary/aromatic N) is 1. The van der Waals surface area contributed by atoms with Crippen molar-refractivity contribution in [3.8, 4) is 5.75 Å². The van der Waals surface area contributed by atoms with E-state index in [0.717, 1.165) is 47.3 Å². The quantitative estimate of drug-likeness (QED) is 0.633. The van der Waals surface area contributed by atoms with Crippen LogP contribution in [0.2, 0.25) is 0 Å². The highest BCUT2D eigenvalue weighted by Gasteiger charge is 2.08. The summed E-state index contributed by atoms with van der Waals surface area (Å²) in [6.07, 6.45) is 3.58. The normalized spacial score (nSPS) is 10.7. The maximum Gasteiger partial charge on any atom is 0.120 e. The minimum Gasteiger partial charge on any atom is -0.489 e. The molecule has 1 heterocycles. The average Bonchev–Trinajstić information content (AvgIpc) is 2.63. The van der Waals surface area contributed by atoms with Crippen molar-refractivity contribution in [2.75, 3.05) is 17.6 Å². The molecule has 123 valence electrons. The molecule has 0 aliphatic heterocycles. The van der Waals surface area contributed by atoms with Gasteiger partial charge in [0.1, 0.15) is 12.4 Å². The van der Waals surface area contributed by atoms with Gasteiger partial charge < -0.3 is 15.8 Å². The molecule has 0 fully saturated rings. The van der Waals surface area contributed by atoms with Crippen molar-refractivity contribution in [3.05, 3.63) is 67.2 Å². The van der Waals surface area contributed by atoms with Gasteiger partial charge in [0.15, 0.2) is 0 Å². The summed E-state index contributed by atoms with van der Waals surface area (Å²) in [7, 11) is 0. The Morgan fingerprint density at radius 2 is 1.96 bits per heavy atom. The zero-order valence-corrected chi connectivity index (χ0v) is 13.7. The molecule has 3 N–H and O–H groups in total. The number of nitrogen functional groups attached to an aromatic ring is 1.